The highest BCUT2D eigenvalue weighted by atomic mass is 16.2. The average molecular weight is 323 g/mol. The number of carbonyl (C=O) groups excluding carboxylic acids is 2. The molecule has 0 unspecified atom stereocenters. The van der Waals surface area contributed by atoms with E-state index in [1.807, 2.05) is 42.2 Å². The fourth-order valence-corrected chi connectivity index (χ4v) is 3.25. The number of anilines is 1. The first-order valence-corrected chi connectivity index (χ1v) is 7.99. The van der Waals surface area contributed by atoms with Crippen LogP contribution >= 0.6 is 0 Å². The van der Waals surface area contributed by atoms with Crippen molar-refractivity contribution in [2.24, 2.45) is 5.73 Å². The van der Waals surface area contributed by atoms with E-state index in [0.717, 1.165) is 28.7 Å². The number of nitrogens with two attached hydrogens (primary N) is 2. The van der Waals surface area contributed by atoms with Crippen LogP contribution in [0.4, 0.5) is 5.69 Å². The van der Waals surface area contributed by atoms with Gasteiger partial charge in [-0.05, 0) is 41.7 Å². The van der Waals surface area contributed by atoms with Crippen LogP contribution in [0.1, 0.15) is 32.6 Å². The van der Waals surface area contributed by atoms with Crippen LogP contribution < -0.4 is 11.5 Å². The van der Waals surface area contributed by atoms with Gasteiger partial charge in [0.2, 0.25) is 5.91 Å². The molecule has 0 fully saturated rings. The number of nitrogens with zero attached hydrogens (tertiary/aromatic N) is 1. The van der Waals surface area contributed by atoms with Gasteiger partial charge in [-0.15, -0.1) is 0 Å². The molecule has 1 aliphatic rings. The SMILES string of the molecule is Cc1cccc(C(=O)N2CCc3c(CC(N)=O)cccc3C2)c1N. The van der Waals surface area contributed by atoms with E-state index in [1.54, 1.807) is 6.07 Å². The van der Waals surface area contributed by atoms with Gasteiger partial charge in [-0.2, -0.15) is 0 Å². The molecule has 0 saturated carbocycles. The molecule has 2 aromatic rings. The van der Waals surface area contributed by atoms with Crippen LogP contribution in [0, 0.1) is 6.92 Å². The third-order valence-corrected chi connectivity index (χ3v) is 4.57. The number of aryl methyl sites for hydroxylation is 1. The van der Waals surface area contributed by atoms with Crippen LogP contribution in [0.15, 0.2) is 36.4 Å². The average Bonchev–Trinajstić information content (AvgIpc) is 2.56. The minimum Gasteiger partial charge on any atom is -0.398 e. The third kappa shape index (κ3) is 2.97. The number of carbonyl (C=O) groups is 2. The Kier molecular flexibility index (Phi) is 4.25. The summed E-state index contributed by atoms with van der Waals surface area (Å²) in [5, 5.41) is 0. The van der Waals surface area contributed by atoms with Gasteiger partial charge in [0, 0.05) is 18.8 Å². The van der Waals surface area contributed by atoms with Gasteiger partial charge in [0.25, 0.3) is 5.91 Å². The van der Waals surface area contributed by atoms with Gasteiger partial charge in [-0.1, -0.05) is 30.3 Å². The number of primary amides is 1. The summed E-state index contributed by atoms with van der Waals surface area (Å²) in [4.78, 5) is 25.8. The molecule has 2 amide bonds. The minimum absolute atomic E-state index is 0.0536. The lowest BCUT2D eigenvalue weighted by atomic mass is 9.92. The normalized spacial score (nSPS) is 13.5. The van der Waals surface area contributed by atoms with E-state index < -0.39 is 0 Å². The highest BCUT2D eigenvalue weighted by Crippen LogP contribution is 2.26. The van der Waals surface area contributed by atoms with Gasteiger partial charge in [-0.25, -0.2) is 0 Å². The lowest BCUT2D eigenvalue weighted by Crippen LogP contribution is -2.37. The van der Waals surface area contributed by atoms with Gasteiger partial charge in [0.15, 0.2) is 0 Å². The Morgan fingerprint density at radius 3 is 2.67 bits per heavy atom. The molecule has 5 heteroatoms. The number of benzene rings is 2. The van der Waals surface area contributed by atoms with Gasteiger partial charge < -0.3 is 16.4 Å². The van der Waals surface area contributed by atoms with Crippen LogP contribution in [-0.4, -0.2) is 23.3 Å². The van der Waals surface area contributed by atoms with Gasteiger partial charge in [0.05, 0.1) is 12.0 Å². The molecule has 1 aliphatic heterocycles. The summed E-state index contributed by atoms with van der Waals surface area (Å²) in [5.74, 6) is -0.392. The molecule has 5 nitrogen and oxygen atoms in total. The summed E-state index contributed by atoms with van der Waals surface area (Å²) in [5.41, 5.74) is 16.5. The predicted octanol–water partition coefficient (Wildman–Crippen LogP) is 1.80. The highest BCUT2D eigenvalue weighted by Gasteiger charge is 2.24. The Hall–Kier alpha value is -2.82. The molecule has 2 aromatic carbocycles. The second-order valence-corrected chi connectivity index (χ2v) is 6.21. The Balaban J connectivity index is 1.86. The third-order valence-electron chi connectivity index (χ3n) is 4.57. The standard InChI is InChI=1S/C19H21N3O2/c1-12-4-2-7-16(18(12)21)19(24)22-9-8-15-13(10-17(20)23)5-3-6-14(15)11-22/h2-7H,8-11,21H2,1H3,(H2,20,23). The molecule has 24 heavy (non-hydrogen) atoms. The Morgan fingerprint density at radius 2 is 1.92 bits per heavy atom. The van der Waals surface area contributed by atoms with Crippen molar-refractivity contribution in [3.05, 3.63) is 64.2 Å². The molecule has 3 rings (SSSR count). The van der Waals surface area contributed by atoms with E-state index in [1.165, 1.54) is 0 Å². The lowest BCUT2D eigenvalue weighted by Gasteiger charge is -2.30. The quantitative estimate of drug-likeness (QED) is 0.844. The van der Waals surface area contributed by atoms with Crippen molar-refractivity contribution in [3.8, 4) is 0 Å². The van der Waals surface area contributed by atoms with Crippen LogP contribution in [0.25, 0.3) is 0 Å². The van der Waals surface area contributed by atoms with Crippen molar-refractivity contribution < 1.29 is 9.59 Å². The molecule has 4 N–H and O–H groups in total. The number of hydrogen-bond acceptors (Lipinski definition) is 3. The van der Waals surface area contributed by atoms with Crippen molar-refractivity contribution in [3.63, 3.8) is 0 Å². The molecule has 0 radical (unpaired) electrons. The molecule has 0 bridgehead atoms. The van der Waals surface area contributed by atoms with Crippen LogP contribution in [0.3, 0.4) is 0 Å². The lowest BCUT2D eigenvalue weighted by molar-refractivity contribution is -0.117. The van der Waals surface area contributed by atoms with E-state index in [0.29, 0.717) is 24.3 Å². The predicted molar refractivity (Wildman–Crippen MR) is 93.4 cm³/mol. The molecule has 0 saturated heterocycles. The van der Waals surface area contributed by atoms with Crippen molar-refractivity contribution in [1.82, 2.24) is 4.90 Å². The molecule has 1 heterocycles. The van der Waals surface area contributed by atoms with Gasteiger partial charge >= 0.3 is 0 Å². The largest absolute Gasteiger partial charge is 0.398 e. The summed E-state index contributed by atoms with van der Waals surface area (Å²) in [7, 11) is 0. The topological polar surface area (TPSA) is 89.4 Å². The number of rotatable bonds is 3. The van der Waals surface area contributed by atoms with Crippen LogP contribution in [0.5, 0.6) is 0 Å². The summed E-state index contributed by atoms with van der Waals surface area (Å²) < 4.78 is 0. The van der Waals surface area contributed by atoms with Gasteiger partial charge in [0.1, 0.15) is 0 Å². The Morgan fingerprint density at radius 1 is 1.17 bits per heavy atom. The molecular weight excluding hydrogens is 302 g/mol. The number of hydrogen-bond donors (Lipinski definition) is 2. The number of fused-ring (bicyclic) bond motifs is 1. The monoisotopic (exact) mass is 323 g/mol. The summed E-state index contributed by atoms with van der Waals surface area (Å²) in [6, 6.07) is 11.4. The van der Waals surface area contributed by atoms with Gasteiger partial charge in [-0.3, -0.25) is 9.59 Å². The first-order valence-electron chi connectivity index (χ1n) is 7.99. The zero-order chi connectivity index (χ0) is 17.3. The Labute approximate surface area is 141 Å². The van der Waals surface area contributed by atoms with Crippen molar-refractivity contribution in [2.75, 3.05) is 12.3 Å². The maximum atomic E-state index is 12.8. The molecular formula is C19H21N3O2. The molecule has 0 aromatic heterocycles. The second kappa shape index (κ2) is 6.35. The first kappa shape index (κ1) is 16.1. The van der Waals surface area contributed by atoms with E-state index in [2.05, 4.69) is 0 Å². The molecule has 0 atom stereocenters. The fourth-order valence-electron chi connectivity index (χ4n) is 3.25. The maximum absolute atomic E-state index is 12.8. The fraction of sp³-hybridized carbons (Fsp3) is 0.263. The van der Waals surface area contributed by atoms with E-state index in [4.69, 9.17) is 11.5 Å². The number of para-hydroxylation sites is 1. The number of amides is 2. The summed E-state index contributed by atoms with van der Waals surface area (Å²) in [6.07, 6.45) is 0.957. The zero-order valence-corrected chi connectivity index (χ0v) is 13.7. The zero-order valence-electron chi connectivity index (χ0n) is 13.7. The van der Waals surface area contributed by atoms with Crippen LogP contribution in [0.2, 0.25) is 0 Å². The van der Waals surface area contributed by atoms with Crippen molar-refractivity contribution in [2.45, 2.75) is 26.3 Å². The molecule has 0 aliphatic carbocycles. The van der Waals surface area contributed by atoms with E-state index in [-0.39, 0.29) is 18.2 Å². The molecule has 124 valence electrons. The van der Waals surface area contributed by atoms with Crippen molar-refractivity contribution in [1.29, 1.82) is 0 Å². The van der Waals surface area contributed by atoms with Crippen LogP contribution in [-0.2, 0) is 24.2 Å². The van der Waals surface area contributed by atoms with E-state index in [9.17, 15) is 9.59 Å². The van der Waals surface area contributed by atoms with E-state index >= 15 is 0 Å². The highest BCUT2D eigenvalue weighted by molar-refractivity contribution is 5.99. The second-order valence-electron chi connectivity index (χ2n) is 6.21. The smallest absolute Gasteiger partial charge is 0.256 e. The molecule has 0 spiro atoms. The van der Waals surface area contributed by atoms with Crippen molar-refractivity contribution >= 4 is 17.5 Å². The first-order chi connectivity index (χ1) is 11.5. The summed E-state index contributed by atoms with van der Waals surface area (Å²) >= 11 is 0. The summed E-state index contributed by atoms with van der Waals surface area (Å²) in [6.45, 7) is 3.02. The minimum atomic E-state index is -0.338. The number of nitrogen functional groups attached to an aromatic ring is 1. The maximum Gasteiger partial charge on any atom is 0.256 e. The Bertz CT molecular complexity index is 814.